The molecule has 23 heavy (non-hydrogen) atoms. The molecular formula is C16H11FO5S. The molecule has 118 valence electrons. The molecule has 0 bridgehead atoms. The second-order valence-corrected chi connectivity index (χ2v) is 6.44. The van der Waals surface area contributed by atoms with Crippen LogP contribution in [0.25, 0.3) is 11.0 Å². The first-order valence-electron chi connectivity index (χ1n) is 6.60. The maximum absolute atomic E-state index is 12.9. The highest BCUT2D eigenvalue weighted by Crippen LogP contribution is 2.25. The van der Waals surface area contributed by atoms with Gasteiger partial charge in [0, 0.05) is 17.5 Å². The molecule has 0 amide bonds. The number of hydrogen-bond acceptors (Lipinski definition) is 5. The zero-order chi connectivity index (χ0) is 16.6. The second-order valence-electron chi connectivity index (χ2n) is 4.90. The standard InChI is InChI=1S/C16H11FO5S/c1-10-8-16(18)21-15-9-12(4-7-14(10)15)22-23(19,20)13-5-2-11(17)3-6-13/h2-9H,1H3. The first-order valence-corrected chi connectivity index (χ1v) is 8.00. The van der Waals surface area contributed by atoms with Crippen LogP contribution in [0.4, 0.5) is 4.39 Å². The normalized spacial score (nSPS) is 11.6. The minimum atomic E-state index is -4.11. The highest BCUT2D eigenvalue weighted by atomic mass is 32.2. The Balaban J connectivity index is 2.01. The van der Waals surface area contributed by atoms with Crippen LogP contribution >= 0.6 is 0 Å². The number of benzene rings is 2. The molecule has 0 unspecified atom stereocenters. The Morgan fingerprint density at radius 3 is 2.43 bits per heavy atom. The first-order chi connectivity index (χ1) is 10.8. The van der Waals surface area contributed by atoms with Crippen LogP contribution < -0.4 is 9.81 Å². The summed E-state index contributed by atoms with van der Waals surface area (Å²) in [4.78, 5) is 11.2. The van der Waals surface area contributed by atoms with Crippen molar-refractivity contribution in [2.75, 3.05) is 0 Å². The fourth-order valence-electron chi connectivity index (χ4n) is 2.13. The smallest absolute Gasteiger partial charge is 0.339 e. The van der Waals surface area contributed by atoms with Gasteiger partial charge in [0.05, 0.1) is 0 Å². The van der Waals surface area contributed by atoms with Crippen LogP contribution in [0.2, 0.25) is 0 Å². The molecule has 0 spiro atoms. The van der Waals surface area contributed by atoms with Crippen LogP contribution in [-0.2, 0) is 10.1 Å². The summed E-state index contributed by atoms with van der Waals surface area (Å²) in [6, 6.07) is 9.99. The summed E-state index contributed by atoms with van der Waals surface area (Å²) in [7, 11) is -4.11. The van der Waals surface area contributed by atoms with Gasteiger partial charge in [-0.2, -0.15) is 8.42 Å². The molecule has 1 aromatic heterocycles. The fraction of sp³-hybridized carbons (Fsp3) is 0.0625. The van der Waals surface area contributed by atoms with Gasteiger partial charge in [-0.1, -0.05) is 0 Å². The molecule has 3 aromatic rings. The van der Waals surface area contributed by atoms with E-state index in [-0.39, 0.29) is 16.2 Å². The molecule has 0 saturated heterocycles. The lowest BCUT2D eigenvalue weighted by Crippen LogP contribution is -2.09. The summed E-state index contributed by atoms with van der Waals surface area (Å²) in [5.74, 6) is -0.553. The largest absolute Gasteiger partial charge is 0.423 e. The number of fused-ring (bicyclic) bond motifs is 1. The van der Waals surface area contributed by atoms with Crippen LogP contribution in [0.1, 0.15) is 5.56 Å². The van der Waals surface area contributed by atoms with Crippen molar-refractivity contribution >= 4 is 21.1 Å². The summed E-state index contributed by atoms with van der Waals surface area (Å²) >= 11 is 0. The van der Waals surface area contributed by atoms with Crippen molar-refractivity contribution in [2.45, 2.75) is 11.8 Å². The van der Waals surface area contributed by atoms with Gasteiger partial charge >= 0.3 is 15.7 Å². The van der Waals surface area contributed by atoms with E-state index in [1.807, 2.05) is 0 Å². The summed E-state index contributed by atoms with van der Waals surface area (Å²) in [6.45, 7) is 1.75. The number of halogens is 1. The molecule has 0 atom stereocenters. The molecule has 2 aromatic carbocycles. The zero-order valence-electron chi connectivity index (χ0n) is 11.9. The minimum absolute atomic E-state index is 0.00410. The minimum Gasteiger partial charge on any atom is -0.423 e. The Morgan fingerprint density at radius 1 is 1.04 bits per heavy atom. The maximum Gasteiger partial charge on any atom is 0.339 e. The molecule has 0 saturated carbocycles. The highest BCUT2D eigenvalue weighted by molar-refractivity contribution is 7.87. The molecule has 5 nitrogen and oxygen atoms in total. The molecular weight excluding hydrogens is 323 g/mol. The van der Waals surface area contributed by atoms with E-state index >= 15 is 0 Å². The molecule has 0 radical (unpaired) electrons. The van der Waals surface area contributed by atoms with Crippen molar-refractivity contribution in [2.24, 2.45) is 0 Å². The average Bonchev–Trinajstić information content (AvgIpc) is 2.46. The van der Waals surface area contributed by atoms with E-state index in [0.29, 0.717) is 10.9 Å². The van der Waals surface area contributed by atoms with Crippen molar-refractivity contribution in [3.63, 3.8) is 0 Å². The van der Waals surface area contributed by atoms with Crippen LogP contribution in [0.15, 0.2) is 62.6 Å². The average molecular weight is 334 g/mol. The number of hydrogen-bond donors (Lipinski definition) is 0. The van der Waals surface area contributed by atoms with Gasteiger partial charge in [0.1, 0.15) is 22.0 Å². The third-order valence-corrected chi connectivity index (χ3v) is 4.49. The Bertz CT molecular complexity index is 1040. The van der Waals surface area contributed by atoms with E-state index in [2.05, 4.69) is 0 Å². The topological polar surface area (TPSA) is 73.6 Å². The Kier molecular flexibility index (Phi) is 3.65. The third kappa shape index (κ3) is 3.09. The summed E-state index contributed by atoms with van der Waals surface area (Å²) in [5.41, 5.74) is 0.402. The monoisotopic (exact) mass is 334 g/mol. The lowest BCUT2D eigenvalue weighted by Gasteiger charge is -2.08. The molecule has 0 fully saturated rings. The van der Waals surface area contributed by atoms with Gasteiger partial charge < -0.3 is 8.60 Å². The Hall–Kier alpha value is -2.67. The van der Waals surface area contributed by atoms with Crippen LogP contribution in [0, 0.1) is 12.7 Å². The molecule has 0 aliphatic heterocycles. The molecule has 0 aliphatic rings. The van der Waals surface area contributed by atoms with Gasteiger partial charge in [-0.3, -0.25) is 0 Å². The van der Waals surface area contributed by atoms with Crippen LogP contribution in [0.5, 0.6) is 5.75 Å². The van der Waals surface area contributed by atoms with Crippen molar-refractivity contribution in [3.05, 3.63) is 70.3 Å². The Morgan fingerprint density at radius 2 is 1.74 bits per heavy atom. The molecule has 0 aliphatic carbocycles. The van der Waals surface area contributed by atoms with E-state index in [9.17, 15) is 17.6 Å². The number of aryl methyl sites for hydroxylation is 1. The maximum atomic E-state index is 12.9. The molecule has 3 rings (SSSR count). The van der Waals surface area contributed by atoms with Gasteiger partial charge in [-0.15, -0.1) is 0 Å². The van der Waals surface area contributed by atoms with E-state index in [1.165, 1.54) is 18.2 Å². The van der Waals surface area contributed by atoms with Gasteiger partial charge in [0.2, 0.25) is 0 Å². The SMILES string of the molecule is Cc1cc(=O)oc2cc(OS(=O)(=O)c3ccc(F)cc3)ccc12. The summed E-state index contributed by atoms with van der Waals surface area (Å²) in [6.07, 6.45) is 0. The predicted molar refractivity (Wildman–Crippen MR) is 81.4 cm³/mol. The van der Waals surface area contributed by atoms with E-state index in [1.54, 1.807) is 13.0 Å². The van der Waals surface area contributed by atoms with E-state index < -0.39 is 21.6 Å². The number of rotatable bonds is 3. The van der Waals surface area contributed by atoms with Crippen molar-refractivity contribution in [3.8, 4) is 5.75 Å². The van der Waals surface area contributed by atoms with E-state index in [4.69, 9.17) is 8.60 Å². The highest BCUT2D eigenvalue weighted by Gasteiger charge is 2.17. The molecule has 7 heteroatoms. The molecule has 1 heterocycles. The molecule has 0 N–H and O–H groups in total. The van der Waals surface area contributed by atoms with Gasteiger partial charge in [0.15, 0.2) is 0 Å². The van der Waals surface area contributed by atoms with Crippen molar-refractivity contribution in [1.29, 1.82) is 0 Å². The zero-order valence-corrected chi connectivity index (χ0v) is 12.8. The predicted octanol–water partition coefficient (Wildman–Crippen LogP) is 3.01. The Labute approximate surface area is 131 Å². The lowest BCUT2D eigenvalue weighted by molar-refractivity contribution is 0.485. The quantitative estimate of drug-likeness (QED) is 0.544. The van der Waals surface area contributed by atoms with Crippen molar-refractivity contribution in [1.82, 2.24) is 0 Å². The summed E-state index contributed by atoms with van der Waals surface area (Å²) < 4.78 is 47.2. The van der Waals surface area contributed by atoms with Gasteiger partial charge in [0.25, 0.3) is 0 Å². The fourth-order valence-corrected chi connectivity index (χ4v) is 3.06. The van der Waals surface area contributed by atoms with Gasteiger partial charge in [-0.05, 0) is 48.9 Å². The van der Waals surface area contributed by atoms with Gasteiger partial charge in [-0.25, -0.2) is 9.18 Å². The van der Waals surface area contributed by atoms with Crippen LogP contribution in [0.3, 0.4) is 0 Å². The first kappa shape index (κ1) is 15.2. The van der Waals surface area contributed by atoms with Crippen LogP contribution in [-0.4, -0.2) is 8.42 Å². The second kappa shape index (κ2) is 5.51. The van der Waals surface area contributed by atoms with E-state index in [0.717, 1.165) is 24.3 Å². The third-order valence-electron chi connectivity index (χ3n) is 3.23. The lowest BCUT2D eigenvalue weighted by atomic mass is 10.1. The van der Waals surface area contributed by atoms with Crippen molar-refractivity contribution < 1.29 is 21.4 Å². The summed E-state index contributed by atoms with van der Waals surface area (Å²) in [5, 5.41) is 0.677.